The number of methoxy groups -OCH3 is 1. The highest BCUT2D eigenvalue weighted by Crippen LogP contribution is 2.22. The average molecular weight is 259 g/mol. The number of aliphatic hydroxyl groups excluding tert-OH is 1. The lowest BCUT2D eigenvalue weighted by atomic mass is 10.1. The van der Waals surface area contributed by atoms with Crippen molar-refractivity contribution < 1.29 is 23.4 Å². The molecule has 0 amide bonds. The number of carbonyl (C=O) groups is 1. The summed E-state index contributed by atoms with van der Waals surface area (Å²) >= 11 is 0. The fraction of sp³-hybridized carbons (Fsp3) is 0.417. The van der Waals surface area contributed by atoms with Crippen molar-refractivity contribution in [2.45, 2.75) is 19.4 Å². The summed E-state index contributed by atoms with van der Waals surface area (Å²) in [6.45, 7) is 1.67. The summed E-state index contributed by atoms with van der Waals surface area (Å²) in [6, 6.07) is 2.20. The molecule has 4 nitrogen and oxygen atoms in total. The number of hydrogen-bond donors (Lipinski definition) is 2. The molecule has 1 aromatic rings. The molecule has 100 valence electrons. The number of aliphatic hydroxyl groups is 1. The van der Waals surface area contributed by atoms with Crippen LogP contribution in [0, 0.1) is 11.6 Å². The first kappa shape index (κ1) is 14.4. The third kappa shape index (κ3) is 3.16. The summed E-state index contributed by atoms with van der Waals surface area (Å²) in [7, 11) is 1.09. The molecule has 0 saturated carbocycles. The molecule has 1 rings (SSSR count). The Bertz CT molecular complexity index is 438. The van der Waals surface area contributed by atoms with E-state index in [9.17, 15) is 13.6 Å². The van der Waals surface area contributed by atoms with Crippen molar-refractivity contribution in [3.63, 3.8) is 0 Å². The van der Waals surface area contributed by atoms with Crippen molar-refractivity contribution in [1.29, 1.82) is 0 Å². The summed E-state index contributed by atoms with van der Waals surface area (Å²) in [6.07, 6.45) is 0.403. The average Bonchev–Trinajstić information content (AvgIpc) is 2.34. The minimum Gasteiger partial charge on any atom is -0.465 e. The summed E-state index contributed by atoms with van der Waals surface area (Å²) in [5.41, 5.74) is -0.503. The number of halogens is 2. The molecule has 1 atom stereocenters. The van der Waals surface area contributed by atoms with Crippen LogP contribution in [0.5, 0.6) is 0 Å². The van der Waals surface area contributed by atoms with Crippen LogP contribution in [0.4, 0.5) is 14.5 Å². The third-order valence-corrected chi connectivity index (χ3v) is 2.45. The predicted octanol–water partition coefficient (Wildman–Crippen LogP) is 1.93. The summed E-state index contributed by atoms with van der Waals surface area (Å²) in [5.74, 6) is -3.31. The Morgan fingerprint density at radius 1 is 1.44 bits per heavy atom. The molecule has 1 aromatic carbocycles. The molecule has 0 aliphatic carbocycles. The van der Waals surface area contributed by atoms with Crippen molar-refractivity contribution in [2.24, 2.45) is 0 Å². The second-order valence-corrected chi connectivity index (χ2v) is 3.84. The number of carbonyl (C=O) groups excluding carboxylic acids is 1. The molecule has 0 aromatic heterocycles. The van der Waals surface area contributed by atoms with E-state index in [1.807, 2.05) is 0 Å². The Hall–Kier alpha value is -1.69. The highest BCUT2D eigenvalue weighted by molar-refractivity contribution is 5.90. The largest absolute Gasteiger partial charge is 0.465 e. The standard InChI is InChI=1S/C12H15F2NO3/c1-7(5-6-16)15-9-4-3-8(12(17)18-2)10(13)11(9)14/h3-4,7,15-16H,5-6H2,1-2H3. The van der Waals surface area contributed by atoms with Gasteiger partial charge >= 0.3 is 5.97 Å². The number of esters is 1. The molecule has 0 fully saturated rings. The van der Waals surface area contributed by atoms with Gasteiger partial charge in [0.2, 0.25) is 0 Å². The number of ether oxygens (including phenoxy) is 1. The SMILES string of the molecule is COC(=O)c1ccc(NC(C)CCO)c(F)c1F. The molecule has 0 bridgehead atoms. The molecule has 0 radical (unpaired) electrons. The Morgan fingerprint density at radius 2 is 2.11 bits per heavy atom. The molecule has 0 aliphatic rings. The summed E-state index contributed by atoms with van der Waals surface area (Å²) < 4.78 is 31.6. The van der Waals surface area contributed by atoms with Crippen LogP contribution in [0.3, 0.4) is 0 Å². The molecular formula is C12H15F2NO3. The normalized spacial score (nSPS) is 12.1. The van der Waals surface area contributed by atoms with E-state index >= 15 is 0 Å². The monoisotopic (exact) mass is 259 g/mol. The number of anilines is 1. The van der Waals surface area contributed by atoms with Crippen molar-refractivity contribution in [3.05, 3.63) is 29.3 Å². The molecular weight excluding hydrogens is 244 g/mol. The highest BCUT2D eigenvalue weighted by atomic mass is 19.2. The molecule has 0 heterocycles. The third-order valence-electron chi connectivity index (χ3n) is 2.45. The first-order valence-corrected chi connectivity index (χ1v) is 5.45. The van der Waals surface area contributed by atoms with Crippen LogP contribution in [0.25, 0.3) is 0 Å². The van der Waals surface area contributed by atoms with Crippen LogP contribution in [-0.4, -0.2) is 30.8 Å². The zero-order chi connectivity index (χ0) is 13.7. The van der Waals surface area contributed by atoms with Gasteiger partial charge in [-0.25, -0.2) is 13.6 Å². The number of rotatable bonds is 5. The minimum atomic E-state index is -1.25. The van der Waals surface area contributed by atoms with Gasteiger partial charge in [0.05, 0.1) is 18.4 Å². The zero-order valence-electron chi connectivity index (χ0n) is 10.2. The Morgan fingerprint density at radius 3 is 2.67 bits per heavy atom. The van der Waals surface area contributed by atoms with Gasteiger partial charge < -0.3 is 15.2 Å². The van der Waals surface area contributed by atoms with Gasteiger partial charge in [0, 0.05) is 12.6 Å². The van der Waals surface area contributed by atoms with Gasteiger partial charge in [0.15, 0.2) is 11.6 Å². The molecule has 18 heavy (non-hydrogen) atoms. The van der Waals surface area contributed by atoms with Crippen LogP contribution >= 0.6 is 0 Å². The van der Waals surface area contributed by atoms with Gasteiger partial charge in [-0.2, -0.15) is 0 Å². The van der Waals surface area contributed by atoms with Gasteiger partial charge in [-0.3, -0.25) is 0 Å². The molecule has 0 saturated heterocycles. The quantitative estimate of drug-likeness (QED) is 0.793. The van der Waals surface area contributed by atoms with E-state index in [1.54, 1.807) is 6.92 Å². The van der Waals surface area contributed by atoms with E-state index in [0.717, 1.165) is 13.2 Å². The maximum absolute atomic E-state index is 13.7. The van der Waals surface area contributed by atoms with Gasteiger partial charge in [-0.15, -0.1) is 0 Å². The topological polar surface area (TPSA) is 58.6 Å². The second-order valence-electron chi connectivity index (χ2n) is 3.84. The molecule has 6 heteroatoms. The van der Waals surface area contributed by atoms with Crippen molar-refractivity contribution in [3.8, 4) is 0 Å². The van der Waals surface area contributed by atoms with Gasteiger partial charge in [-0.1, -0.05) is 0 Å². The molecule has 2 N–H and O–H groups in total. The number of hydrogen-bond acceptors (Lipinski definition) is 4. The highest BCUT2D eigenvalue weighted by Gasteiger charge is 2.19. The van der Waals surface area contributed by atoms with Crippen LogP contribution in [0.2, 0.25) is 0 Å². The number of benzene rings is 1. The lowest BCUT2D eigenvalue weighted by molar-refractivity contribution is 0.0594. The van der Waals surface area contributed by atoms with E-state index in [1.165, 1.54) is 6.07 Å². The molecule has 1 unspecified atom stereocenters. The van der Waals surface area contributed by atoms with E-state index in [4.69, 9.17) is 5.11 Å². The second kappa shape index (κ2) is 6.30. The van der Waals surface area contributed by atoms with Gasteiger partial charge in [-0.05, 0) is 25.5 Å². The molecule has 0 spiro atoms. The van der Waals surface area contributed by atoms with Gasteiger partial charge in [0.25, 0.3) is 0 Å². The Balaban J connectivity index is 2.97. The van der Waals surface area contributed by atoms with Crippen molar-refractivity contribution >= 4 is 11.7 Å². The van der Waals surface area contributed by atoms with E-state index in [-0.39, 0.29) is 18.3 Å². The Kier molecular flexibility index (Phi) is 5.03. The maximum atomic E-state index is 13.7. The lowest BCUT2D eigenvalue weighted by Crippen LogP contribution is -2.18. The van der Waals surface area contributed by atoms with Crippen molar-refractivity contribution in [1.82, 2.24) is 0 Å². The summed E-state index contributed by atoms with van der Waals surface area (Å²) in [5, 5.41) is 11.4. The zero-order valence-corrected chi connectivity index (χ0v) is 10.2. The predicted molar refractivity (Wildman–Crippen MR) is 62.5 cm³/mol. The minimum absolute atomic E-state index is 0.0545. The lowest BCUT2D eigenvalue weighted by Gasteiger charge is -2.15. The van der Waals surface area contributed by atoms with E-state index < -0.39 is 23.2 Å². The Labute approximate surface area is 104 Å². The number of nitrogens with one attached hydrogen (secondary N) is 1. The summed E-state index contributed by atoms with van der Waals surface area (Å²) in [4.78, 5) is 11.1. The van der Waals surface area contributed by atoms with E-state index in [2.05, 4.69) is 10.1 Å². The van der Waals surface area contributed by atoms with Gasteiger partial charge in [0.1, 0.15) is 0 Å². The fourth-order valence-corrected chi connectivity index (χ4v) is 1.46. The van der Waals surface area contributed by atoms with Crippen molar-refractivity contribution in [2.75, 3.05) is 19.0 Å². The van der Waals surface area contributed by atoms with Crippen LogP contribution in [0.15, 0.2) is 12.1 Å². The maximum Gasteiger partial charge on any atom is 0.340 e. The first-order valence-electron chi connectivity index (χ1n) is 5.45. The smallest absolute Gasteiger partial charge is 0.340 e. The van der Waals surface area contributed by atoms with Crippen LogP contribution in [0.1, 0.15) is 23.7 Å². The van der Waals surface area contributed by atoms with E-state index in [0.29, 0.717) is 6.42 Å². The fourth-order valence-electron chi connectivity index (χ4n) is 1.46. The first-order chi connectivity index (χ1) is 8.51. The van der Waals surface area contributed by atoms with Crippen LogP contribution in [-0.2, 0) is 4.74 Å². The van der Waals surface area contributed by atoms with Crippen LogP contribution < -0.4 is 5.32 Å². The molecule has 0 aliphatic heterocycles.